The van der Waals surface area contributed by atoms with Crippen LogP contribution >= 0.6 is 12.2 Å². The second kappa shape index (κ2) is 5.12. The maximum Gasteiger partial charge on any atom is 0.218 e. The number of benzene rings is 1. The van der Waals surface area contributed by atoms with E-state index >= 15 is 0 Å². The van der Waals surface area contributed by atoms with Gasteiger partial charge < -0.3 is 14.0 Å². The van der Waals surface area contributed by atoms with Gasteiger partial charge in [0.25, 0.3) is 0 Å². The first-order valence-electron chi connectivity index (χ1n) is 7.16. The highest BCUT2D eigenvalue weighted by Crippen LogP contribution is 2.33. The van der Waals surface area contributed by atoms with Crippen LogP contribution in [0.4, 0.5) is 0 Å². The summed E-state index contributed by atoms with van der Waals surface area (Å²) in [7, 11) is 1.88. The van der Waals surface area contributed by atoms with Crippen LogP contribution in [0.15, 0.2) is 30.3 Å². The number of rotatable bonds is 2. The largest absolute Gasteiger partial charge is 0.343 e. The average Bonchev–Trinajstić information content (AvgIpc) is 3.09. The van der Waals surface area contributed by atoms with E-state index in [0.717, 1.165) is 11.4 Å². The van der Waals surface area contributed by atoms with Crippen LogP contribution in [0, 0.1) is 4.77 Å². The lowest BCUT2D eigenvalue weighted by Gasteiger charge is -2.26. The predicted molar refractivity (Wildman–Crippen MR) is 80.7 cm³/mol. The van der Waals surface area contributed by atoms with E-state index in [1.807, 2.05) is 41.9 Å². The molecule has 2 fully saturated rings. The lowest BCUT2D eigenvalue weighted by atomic mass is 10.0. The van der Waals surface area contributed by atoms with Crippen molar-refractivity contribution in [3.8, 4) is 11.4 Å². The third-order valence-electron chi connectivity index (χ3n) is 4.16. The van der Waals surface area contributed by atoms with E-state index in [0.29, 0.717) is 17.8 Å². The molecule has 6 nitrogen and oxygen atoms in total. The van der Waals surface area contributed by atoms with Gasteiger partial charge in [0.15, 0.2) is 16.4 Å². The molecule has 1 aromatic heterocycles. The summed E-state index contributed by atoms with van der Waals surface area (Å²) in [6, 6.07) is 9.64. The summed E-state index contributed by atoms with van der Waals surface area (Å²) >= 11 is 5.50. The van der Waals surface area contributed by atoms with Crippen molar-refractivity contribution in [1.29, 1.82) is 0 Å². The molecule has 2 bridgehead atoms. The van der Waals surface area contributed by atoms with Crippen LogP contribution in [0.2, 0.25) is 0 Å². The first-order valence-corrected chi connectivity index (χ1v) is 7.56. The smallest absolute Gasteiger partial charge is 0.218 e. The number of carbonyl (C=O) groups excluding carboxylic acids is 1. The van der Waals surface area contributed by atoms with Crippen LogP contribution in [-0.4, -0.2) is 39.1 Å². The maximum absolute atomic E-state index is 12.0. The highest BCUT2D eigenvalue weighted by Gasteiger charge is 2.45. The molecule has 0 N–H and O–H groups in total. The highest BCUT2D eigenvalue weighted by molar-refractivity contribution is 7.71. The van der Waals surface area contributed by atoms with Crippen LogP contribution < -0.4 is 0 Å². The van der Waals surface area contributed by atoms with E-state index in [1.165, 1.54) is 0 Å². The Morgan fingerprint density at radius 3 is 2.86 bits per heavy atom. The first-order chi connectivity index (χ1) is 10.6. The van der Waals surface area contributed by atoms with Gasteiger partial charge in [-0.3, -0.25) is 4.79 Å². The molecule has 3 atom stereocenters. The topological polar surface area (TPSA) is 58.3 Å². The summed E-state index contributed by atoms with van der Waals surface area (Å²) < 4.78 is 15.1. The Bertz CT molecular complexity index is 783. The second-order valence-corrected chi connectivity index (χ2v) is 5.92. The zero-order valence-corrected chi connectivity index (χ0v) is 12.8. The Hall–Kier alpha value is -1.83. The summed E-state index contributed by atoms with van der Waals surface area (Å²) in [6.45, 7) is 0.403. The molecule has 7 heteroatoms. The lowest BCUT2D eigenvalue weighted by molar-refractivity contribution is -0.156. The minimum Gasteiger partial charge on any atom is -0.343 e. The molecular weight excluding hydrogens is 302 g/mol. The Morgan fingerprint density at radius 2 is 2.09 bits per heavy atom. The van der Waals surface area contributed by atoms with Gasteiger partial charge in [-0.2, -0.15) is 5.10 Å². The molecule has 2 aliphatic rings. The molecule has 0 amide bonds. The third-order valence-corrected chi connectivity index (χ3v) is 4.62. The molecule has 1 aromatic carbocycles. The molecule has 2 aliphatic heterocycles. The van der Waals surface area contributed by atoms with Crippen molar-refractivity contribution in [2.45, 2.75) is 24.9 Å². The zero-order chi connectivity index (χ0) is 15.3. The van der Waals surface area contributed by atoms with Gasteiger partial charge in [-0.25, -0.2) is 4.68 Å². The van der Waals surface area contributed by atoms with Gasteiger partial charge >= 0.3 is 0 Å². The summed E-state index contributed by atoms with van der Waals surface area (Å²) in [6.07, 6.45) is -0.532. The average molecular weight is 317 g/mol. The van der Waals surface area contributed by atoms with E-state index in [2.05, 4.69) is 5.10 Å². The number of nitrogens with zero attached hydrogens (tertiary/aromatic N) is 3. The van der Waals surface area contributed by atoms with Gasteiger partial charge in [-0.05, 0) is 12.2 Å². The van der Waals surface area contributed by atoms with Crippen molar-refractivity contribution in [2.24, 2.45) is 7.05 Å². The van der Waals surface area contributed by atoms with E-state index < -0.39 is 6.29 Å². The molecule has 0 spiro atoms. The summed E-state index contributed by atoms with van der Waals surface area (Å²) in [5, 5.41) is 4.64. The van der Waals surface area contributed by atoms with E-state index in [1.54, 1.807) is 4.68 Å². The number of Topliss-reactive ketones (excluding diaryl/α,β-unsaturated/α-hetero) is 1. The Morgan fingerprint density at radius 1 is 1.32 bits per heavy atom. The molecule has 3 heterocycles. The van der Waals surface area contributed by atoms with Gasteiger partial charge in [0.1, 0.15) is 6.10 Å². The standard InChI is InChI=1S/C15H15N3O3S/c1-17-13(9-5-3-2-4-6-9)16-18(15(17)22)10-7-11(19)14-20-8-12(10)21-14/h2-6,10,12,14H,7-8H2,1H3/t10-,12+,14-/m1/s1. The van der Waals surface area contributed by atoms with Crippen LogP contribution in [-0.2, 0) is 21.3 Å². The number of fused-ring (bicyclic) bond motifs is 2. The molecule has 4 rings (SSSR count). The predicted octanol–water partition coefficient (Wildman–Crippen LogP) is 1.87. The van der Waals surface area contributed by atoms with E-state index in [-0.39, 0.29) is 17.9 Å². The molecule has 0 aliphatic carbocycles. The molecule has 0 saturated carbocycles. The highest BCUT2D eigenvalue weighted by atomic mass is 32.1. The first kappa shape index (κ1) is 13.8. The van der Waals surface area contributed by atoms with Gasteiger partial charge in [0.05, 0.1) is 12.6 Å². The van der Waals surface area contributed by atoms with Crippen LogP contribution in [0.5, 0.6) is 0 Å². The van der Waals surface area contributed by atoms with Crippen LogP contribution in [0.25, 0.3) is 11.4 Å². The van der Waals surface area contributed by atoms with Crippen LogP contribution in [0.3, 0.4) is 0 Å². The number of ether oxygens (including phenoxy) is 2. The molecule has 0 unspecified atom stereocenters. The SMILES string of the molecule is Cn1c(-c2ccccc2)nn([C@@H]2CC(=O)[C@@H]3OC[C@@H]2O3)c1=S. The van der Waals surface area contributed by atoms with Gasteiger partial charge in [0, 0.05) is 19.0 Å². The fourth-order valence-electron chi connectivity index (χ4n) is 2.98. The summed E-state index contributed by atoms with van der Waals surface area (Å²) in [4.78, 5) is 12.0. The van der Waals surface area contributed by atoms with Gasteiger partial charge in [0.2, 0.25) is 6.29 Å². The number of aromatic nitrogens is 3. The molecule has 2 saturated heterocycles. The zero-order valence-electron chi connectivity index (χ0n) is 12.0. The molecular formula is C15H15N3O3S. The normalized spacial score (nSPS) is 27.3. The third kappa shape index (κ3) is 2.05. The molecule has 2 aromatic rings. The summed E-state index contributed by atoms with van der Waals surface area (Å²) in [5.74, 6) is 0.728. The van der Waals surface area contributed by atoms with E-state index in [4.69, 9.17) is 21.7 Å². The van der Waals surface area contributed by atoms with Crippen LogP contribution in [0.1, 0.15) is 12.5 Å². The Balaban J connectivity index is 1.77. The minimum atomic E-state index is -0.701. The van der Waals surface area contributed by atoms with Crippen molar-refractivity contribution in [3.05, 3.63) is 35.1 Å². The monoisotopic (exact) mass is 317 g/mol. The minimum absolute atomic E-state index is 0.0486. The number of ketones is 1. The van der Waals surface area contributed by atoms with Gasteiger partial charge in [-0.1, -0.05) is 30.3 Å². The lowest BCUT2D eigenvalue weighted by Crippen LogP contribution is -2.37. The van der Waals surface area contributed by atoms with Crippen molar-refractivity contribution >= 4 is 18.0 Å². The Kier molecular flexibility index (Phi) is 3.21. The molecule has 0 radical (unpaired) electrons. The molecule has 114 valence electrons. The Labute approximate surface area is 132 Å². The second-order valence-electron chi connectivity index (χ2n) is 5.55. The fourth-order valence-corrected chi connectivity index (χ4v) is 3.24. The molecule has 22 heavy (non-hydrogen) atoms. The number of carbonyl (C=O) groups is 1. The summed E-state index contributed by atoms with van der Waals surface area (Å²) in [5.41, 5.74) is 0.985. The van der Waals surface area contributed by atoms with Crippen molar-refractivity contribution in [2.75, 3.05) is 6.61 Å². The number of hydrogen-bond donors (Lipinski definition) is 0. The van der Waals surface area contributed by atoms with Crippen molar-refractivity contribution in [1.82, 2.24) is 14.3 Å². The quantitative estimate of drug-likeness (QED) is 0.792. The maximum atomic E-state index is 12.0. The van der Waals surface area contributed by atoms with Crippen molar-refractivity contribution in [3.63, 3.8) is 0 Å². The van der Waals surface area contributed by atoms with Crippen molar-refractivity contribution < 1.29 is 14.3 Å². The van der Waals surface area contributed by atoms with Gasteiger partial charge in [-0.15, -0.1) is 0 Å². The van der Waals surface area contributed by atoms with E-state index in [9.17, 15) is 4.79 Å². The number of hydrogen-bond acceptors (Lipinski definition) is 5. The fraction of sp³-hybridized carbons (Fsp3) is 0.400.